The van der Waals surface area contributed by atoms with Gasteiger partial charge in [-0.2, -0.15) is 11.8 Å². The van der Waals surface area contributed by atoms with E-state index in [1.54, 1.807) is 0 Å². The first-order valence-electron chi connectivity index (χ1n) is 10.2. The predicted octanol–water partition coefficient (Wildman–Crippen LogP) is 1.38. The minimum atomic E-state index is 0.332. The normalized spacial score (nSPS) is 28.1. The van der Waals surface area contributed by atoms with E-state index < -0.39 is 0 Å². The summed E-state index contributed by atoms with van der Waals surface area (Å²) in [5.74, 6) is 1.66. The van der Waals surface area contributed by atoms with Crippen LogP contribution in [0.5, 0.6) is 0 Å². The highest BCUT2D eigenvalue weighted by Gasteiger charge is 2.31. The van der Waals surface area contributed by atoms with Gasteiger partial charge in [0.25, 0.3) is 0 Å². The molecule has 7 heteroatoms. The maximum Gasteiger partial charge on any atom is 0.225 e. The average Bonchev–Trinajstić information content (AvgIpc) is 3.07. The lowest BCUT2D eigenvalue weighted by Gasteiger charge is -2.38. The van der Waals surface area contributed by atoms with E-state index in [2.05, 4.69) is 31.7 Å². The van der Waals surface area contributed by atoms with Crippen LogP contribution in [-0.4, -0.2) is 85.5 Å². The number of carbonyl (C=O) groups is 1. The first-order chi connectivity index (χ1) is 12.7. The van der Waals surface area contributed by atoms with Crippen LogP contribution in [-0.2, 0) is 4.79 Å². The predicted molar refractivity (Wildman–Crippen MR) is 110 cm³/mol. The molecule has 0 bridgehead atoms. The van der Waals surface area contributed by atoms with Crippen molar-refractivity contribution in [2.24, 2.45) is 10.9 Å². The number of thioether (sulfide) groups is 1. The summed E-state index contributed by atoms with van der Waals surface area (Å²) in [6.45, 7) is 5.66. The topological polar surface area (TPSA) is 60.0 Å². The van der Waals surface area contributed by atoms with Crippen molar-refractivity contribution in [3.63, 3.8) is 0 Å². The van der Waals surface area contributed by atoms with Gasteiger partial charge in [0, 0.05) is 63.5 Å². The first kappa shape index (κ1) is 19.8. The van der Waals surface area contributed by atoms with Crippen LogP contribution in [0, 0.1) is 5.92 Å². The molecule has 26 heavy (non-hydrogen) atoms. The number of amides is 1. The van der Waals surface area contributed by atoms with Crippen molar-refractivity contribution < 1.29 is 4.79 Å². The van der Waals surface area contributed by atoms with Gasteiger partial charge in [0.2, 0.25) is 5.91 Å². The molecule has 2 atom stereocenters. The number of nitrogens with one attached hydrogen (secondary N) is 2. The molecule has 1 aliphatic heterocycles. The van der Waals surface area contributed by atoms with Gasteiger partial charge in [-0.15, -0.1) is 0 Å². The van der Waals surface area contributed by atoms with Crippen LogP contribution in [0.15, 0.2) is 4.99 Å². The molecule has 2 N–H and O–H groups in total. The Morgan fingerprint density at radius 1 is 1.15 bits per heavy atom. The minimum absolute atomic E-state index is 0.332. The standard InChI is InChI=1S/C19H35N5OS/c1-20-19(22-16-6-7-17(14-16)26-2)21-8-9-23-10-12-24(13-11-23)18(25)15-4-3-5-15/h15-17H,3-14H2,1-2H3,(H2,20,21,22). The van der Waals surface area contributed by atoms with Crippen molar-refractivity contribution in [3.8, 4) is 0 Å². The van der Waals surface area contributed by atoms with Crippen LogP contribution >= 0.6 is 11.8 Å². The highest BCUT2D eigenvalue weighted by atomic mass is 32.2. The van der Waals surface area contributed by atoms with Crippen LogP contribution < -0.4 is 10.6 Å². The fourth-order valence-corrected chi connectivity index (χ4v) is 4.91. The molecular weight excluding hydrogens is 346 g/mol. The third-order valence-electron chi connectivity index (χ3n) is 6.14. The van der Waals surface area contributed by atoms with Crippen LogP contribution in [0.1, 0.15) is 38.5 Å². The molecule has 2 aliphatic carbocycles. The highest BCUT2D eigenvalue weighted by Crippen LogP contribution is 2.29. The van der Waals surface area contributed by atoms with Crippen molar-refractivity contribution in [1.82, 2.24) is 20.4 Å². The van der Waals surface area contributed by atoms with Crippen molar-refractivity contribution in [2.75, 3.05) is 52.6 Å². The van der Waals surface area contributed by atoms with Crippen molar-refractivity contribution in [3.05, 3.63) is 0 Å². The molecule has 0 radical (unpaired) electrons. The molecule has 3 aliphatic rings. The second kappa shape index (κ2) is 9.83. The molecule has 1 heterocycles. The molecule has 3 rings (SSSR count). The number of nitrogens with zero attached hydrogens (tertiary/aromatic N) is 3. The second-order valence-electron chi connectivity index (χ2n) is 7.81. The number of rotatable bonds is 6. The summed E-state index contributed by atoms with van der Waals surface area (Å²) in [7, 11) is 1.85. The summed E-state index contributed by atoms with van der Waals surface area (Å²) < 4.78 is 0. The maximum atomic E-state index is 12.3. The number of piperazine rings is 1. The van der Waals surface area contributed by atoms with Crippen molar-refractivity contribution in [2.45, 2.75) is 49.8 Å². The lowest BCUT2D eigenvalue weighted by molar-refractivity contribution is -0.139. The fraction of sp³-hybridized carbons (Fsp3) is 0.895. The fourth-order valence-electron chi connectivity index (χ4n) is 4.11. The Balaban J connectivity index is 1.30. The molecule has 0 aromatic rings. The zero-order valence-electron chi connectivity index (χ0n) is 16.4. The summed E-state index contributed by atoms with van der Waals surface area (Å²) in [5.41, 5.74) is 0. The van der Waals surface area contributed by atoms with E-state index >= 15 is 0 Å². The zero-order chi connectivity index (χ0) is 18.4. The first-order valence-corrected chi connectivity index (χ1v) is 11.5. The van der Waals surface area contributed by atoms with E-state index in [4.69, 9.17) is 0 Å². The SMILES string of the molecule is CN=C(NCCN1CCN(C(=O)C2CCC2)CC1)NC1CCC(SC)C1. The smallest absolute Gasteiger partial charge is 0.225 e. The largest absolute Gasteiger partial charge is 0.355 e. The lowest BCUT2D eigenvalue weighted by Crippen LogP contribution is -2.52. The van der Waals surface area contributed by atoms with Crippen molar-refractivity contribution >= 4 is 23.6 Å². The maximum absolute atomic E-state index is 12.3. The summed E-state index contributed by atoms with van der Waals surface area (Å²) in [4.78, 5) is 21.2. The van der Waals surface area contributed by atoms with Crippen LogP contribution in [0.25, 0.3) is 0 Å². The number of guanidine groups is 1. The van der Waals surface area contributed by atoms with Gasteiger partial charge in [-0.3, -0.25) is 14.7 Å². The number of carbonyl (C=O) groups excluding carboxylic acids is 1. The van der Waals surface area contributed by atoms with E-state index in [1.807, 2.05) is 18.8 Å². The number of hydrogen-bond donors (Lipinski definition) is 2. The Kier molecular flexibility index (Phi) is 7.49. The second-order valence-corrected chi connectivity index (χ2v) is 8.94. The molecule has 2 unspecified atom stereocenters. The minimum Gasteiger partial charge on any atom is -0.355 e. The number of hydrogen-bond acceptors (Lipinski definition) is 4. The molecule has 3 fully saturated rings. The summed E-state index contributed by atoms with van der Waals surface area (Å²) in [6.07, 6.45) is 9.43. The molecule has 0 spiro atoms. The summed E-state index contributed by atoms with van der Waals surface area (Å²) in [6, 6.07) is 0.555. The molecule has 0 aromatic heterocycles. The molecule has 6 nitrogen and oxygen atoms in total. The quantitative estimate of drug-likeness (QED) is 0.538. The van der Waals surface area contributed by atoms with Gasteiger partial charge in [0.05, 0.1) is 0 Å². The Bertz CT molecular complexity index is 488. The van der Waals surface area contributed by atoms with E-state index in [0.29, 0.717) is 17.9 Å². The molecule has 1 amide bonds. The Morgan fingerprint density at radius 3 is 2.50 bits per heavy atom. The monoisotopic (exact) mass is 381 g/mol. The van der Waals surface area contributed by atoms with Gasteiger partial charge < -0.3 is 15.5 Å². The van der Waals surface area contributed by atoms with E-state index in [9.17, 15) is 4.79 Å². The average molecular weight is 382 g/mol. The van der Waals surface area contributed by atoms with Crippen LogP contribution in [0.4, 0.5) is 0 Å². The van der Waals surface area contributed by atoms with E-state index in [-0.39, 0.29) is 0 Å². The van der Waals surface area contributed by atoms with Crippen LogP contribution in [0.2, 0.25) is 0 Å². The number of aliphatic imine (C=N–C) groups is 1. The van der Waals surface area contributed by atoms with Gasteiger partial charge in [0.15, 0.2) is 5.96 Å². The Hall–Kier alpha value is -0.950. The third kappa shape index (κ3) is 5.28. The third-order valence-corrected chi connectivity index (χ3v) is 7.24. The van der Waals surface area contributed by atoms with E-state index in [0.717, 1.165) is 63.3 Å². The van der Waals surface area contributed by atoms with Gasteiger partial charge >= 0.3 is 0 Å². The van der Waals surface area contributed by atoms with E-state index in [1.165, 1.54) is 25.7 Å². The summed E-state index contributed by atoms with van der Waals surface area (Å²) in [5, 5.41) is 7.82. The molecule has 1 saturated heterocycles. The zero-order valence-corrected chi connectivity index (χ0v) is 17.2. The van der Waals surface area contributed by atoms with Gasteiger partial charge in [-0.1, -0.05) is 6.42 Å². The Labute approximate surface area is 162 Å². The summed E-state index contributed by atoms with van der Waals surface area (Å²) >= 11 is 1.98. The molecule has 148 valence electrons. The Morgan fingerprint density at radius 2 is 1.92 bits per heavy atom. The van der Waals surface area contributed by atoms with Crippen LogP contribution in [0.3, 0.4) is 0 Å². The van der Waals surface area contributed by atoms with Gasteiger partial charge in [-0.05, 0) is 38.4 Å². The highest BCUT2D eigenvalue weighted by molar-refractivity contribution is 7.99. The van der Waals surface area contributed by atoms with Gasteiger partial charge in [0.1, 0.15) is 0 Å². The molecule has 2 saturated carbocycles. The lowest BCUT2D eigenvalue weighted by atomic mass is 9.84. The molecule has 0 aromatic carbocycles. The van der Waals surface area contributed by atoms with Gasteiger partial charge in [-0.25, -0.2) is 0 Å². The molecular formula is C19H35N5OS. The van der Waals surface area contributed by atoms with Crippen molar-refractivity contribution in [1.29, 1.82) is 0 Å².